The summed E-state index contributed by atoms with van der Waals surface area (Å²) in [6.45, 7) is 6.54. The molecule has 0 amide bonds. The van der Waals surface area contributed by atoms with Gasteiger partial charge in [-0.05, 0) is 37.5 Å². The van der Waals surface area contributed by atoms with Gasteiger partial charge in [0.1, 0.15) is 0 Å². The van der Waals surface area contributed by atoms with Crippen LogP contribution in [0.1, 0.15) is 23.7 Å². The van der Waals surface area contributed by atoms with Crippen molar-refractivity contribution in [2.24, 2.45) is 0 Å². The Morgan fingerprint density at radius 3 is 2.69 bits per heavy atom. The van der Waals surface area contributed by atoms with Crippen LogP contribution in [0.4, 0.5) is 0 Å². The maximum atomic E-state index is 3.42. The van der Waals surface area contributed by atoms with Gasteiger partial charge in [0.2, 0.25) is 0 Å². The van der Waals surface area contributed by atoms with Crippen LogP contribution in [-0.2, 0) is 6.42 Å². The minimum Gasteiger partial charge on any atom is -0.358 e. The monoisotopic (exact) mass is 173 g/mol. The zero-order valence-corrected chi connectivity index (χ0v) is 8.44. The number of benzene rings is 1. The Hall–Kier alpha value is -1.24. The van der Waals surface area contributed by atoms with E-state index in [0.717, 1.165) is 6.42 Å². The third-order valence-corrected chi connectivity index (χ3v) is 2.70. The van der Waals surface area contributed by atoms with Crippen molar-refractivity contribution in [2.75, 3.05) is 0 Å². The van der Waals surface area contributed by atoms with E-state index in [4.69, 9.17) is 0 Å². The van der Waals surface area contributed by atoms with Gasteiger partial charge in [-0.2, -0.15) is 0 Å². The normalized spacial score (nSPS) is 11.0. The summed E-state index contributed by atoms with van der Waals surface area (Å²) in [5.41, 5.74) is 5.42. The van der Waals surface area contributed by atoms with Crippen LogP contribution in [0.15, 0.2) is 18.2 Å². The highest BCUT2D eigenvalue weighted by Gasteiger charge is 2.07. The summed E-state index contributed by atoms with van der Waals surface area (Å²) in [4.78, 5) is 3.42. The summed E-state index contributed by atoms with van der Waals surface area (Å²) in [5.74, 6) is 0. The first-order chi connectivity index (χ1) is 6.24. The number of aryl methyl sites for hydroxylation is 3. The van der Waals surface area contributed by atoms with Crippen LogP contribution in [0.2, 0.25) is 0 Å². The molecule has 1 N–H and O–H groups in total. The van der Waals surface area contributed by atoms with Crippen LogP contribution in [0.25, 0.3) is 10.9 Å². The molecule has 0 saturated carbocycles. The molecule has 0 spiro atoms. The molecule has 1 aromatic carbocycles. The van der Waals surface area contributed by atoms with Gasteiger partial charge in [0.05, 0.1) is 0 Å². The molecule has 1 nitrogen and oxygen atoms in total. The predicted molar refractivity (Wildman–Crippen MR) is 57.2 cm³/mol. The molecule has 2 aromatic rings. The van der Waals surface area contributed by atoms with Gasteiger partial charge in [-0.25, -0.2) is 0 Å². The quantitative estimate of drug-likeness (QED) is 0.680. The second-order valence-corrected chi connectivity index (χ2v) is 3.58. The molecule has 13 heavy (non-hydrogen) atoms. The molecule has 0 aliphatic rings. The van der Waals surface area contributed by atoms with E-state index in [1.165, 1.54) is 27.7 Å². The summed E-state index contributed by atoms with van der Waals surface area (Å²) >= 11 is 0. The number of H-pyrrole nitrogens is 1. The third kappa shape index (κ3) is 1.15. The lowest BCUT2D eigenvalue weighted by molar-refractivity contribution is 1.11. The van der Waals surface area contributed by atoms with Gasteiger partial charge in [0.15, 0.2) is 0 Å². The molecular formula is C12H15N. The van der Waals surface area contributed by atoms with E-state index in [1.54, 1.807) is 0 Å². The van der Waals surface area contributed by atoms with Gasteiger partial charge >= 0.3 is 0 Å². The molecule has 0 unspecified atom stereocenters. The van der Waals surface area contributed by atoms with Crippen LogP contribution >= 0.6 is 0 Å². The summed E-state index contributed by atoms with van der Waals surface area (Å²) in [5, 5.41) is 1.42. The summed E-state index contributed by atoms with van der Waals surface area (Å²) in [6.07, 6.45) is 1.11. The van der Waals surface area contributed by atoms with Gasteiger partial charge in [0, 0.05) is 16.6 Å². The van der Waals surface area contributed by atoms with Gasteiger partial charge in [0.25, 0.3) is 0 Å². The molecule has 0 bridgehead atoms. The second kappa shape index (κ2) is 2.91. The SMILES string of the molecule is CCc1c(C)[nH]c2cccc(C)c12. The highest BCUT2D eigenvalue weighted by Crippen LogP contribution is 2.25. The van der Waals surface area contributed by atoms with Crippen LogP contribution < -0.4 is 0 Å². The van der Waals surface area contributed by atoms with E-state index in [-0.39, 0.29) is 0 Å². The van der Waals surface area contributed by atoms with E-state index >= 15 is 0 Å². The van der Waals surface area contributed by atoms with Gasteiger partial charge in [-0.15, -0.1) is 0 Å². The van der Waals surface area contributed by atoms with Crippen LogP contribution in [0.5, 0.6) is 0 Å². The number of aromatic amines is 1. The second-order valence-electron chi connectivity index (χ2n) is 3.58. The Labute approximate surface area is 78.8 Å². The zero-order chi connectivity index (χ0) is 9.42. The van der Waals surface area contributed by atoms with Crippen molar-refractivity contribution in [3.8, 4) is 0 Å². The first-order valence-electron chi connectivity index (χ1n) is 4.80. The highest BCUT2D eigenvalue weighted by molar-refractivity contribution is 5.87. The van der Waals surface area contributed by atoms with Gasteiger partial charge < -0.3 is 4.98 Å². The van der Waals surface area contributed by atoms with E-state index < -0.39 is 0 Å². The number of hydrogen-bond donors (Lipinski definition) is 1. The standard InChI is InChI=1S/C12H15N/c1-4-10-9(3)13-11-7-5-6-8(2)12(10)11/h5-7,13H,4H2,1-3H3. The Balaban J connectivity index is 2.88. The molecule has 0 aliphatic heterocycles. The van der Waals surface area contributed by atoms with Gasteiger partial charge in [-0.3, -0.25) is 0 Å². The molecular weight excluding hydrogens is 158 g/mol. The number of aromatic nitrogens is 1. The smallest absolute Gasteiger partial charge is 0.0461 e. The molecule has 68 valence electrons. The Morgan fingerprint density at radius 2 is 2.00 bits per heavy atom. The number of nitrogens with one attached hydrogen (secondary N) is 1. The Morgan fingerprint density at radius 1 is 1.23 bits per heavy atom. The van der Waals surface area contributed by atoms with Crippen molar-refractivity contribution < 1.29 is 0 Å². The molecule has 0 aliphatic carbocycles. The fourth-order valence-corrected chi connectivity index (χ4v) is 2.08. The Bertz CT molecular complexity index is 438. The summed E-state index contributed by atoms with van der Waals surface area (Å²) < 4.78 is 0. The summed E-state index contributed by atoms with van der Waals surface area (Å²) in [6, 6.07) is 6.43. The lowest BCUT2D eigenvalue weighted by Gasteiger charge is -1.98. The summed E-state index contributed by atoms with van der Waals surface area (Å²) in [7, 11) is 0. The zero-order valence-electron chi connectivity index (χ0n) is 8.44. The lowest BCUT2D eigenvalue weighted by Crippen LogP contribution is -1.82. The molecule has 1 aromatic heterocycles. The van der Waals surface area contributed by atoms with Gasteiger partial charge in [-0.1, -0.05) is 19.1 Å². The number of rotatable bonds is 1. The van der Waals surface area contributed by atoms with Crippen molar-refractivity contribution in [2.45, 2.75) is 27.2 Å². The fourth-order valence-electron chi connectivity index (χ4n) is 2.08. The average Bonchev–Trinajstić information content (AvgIpc) is 2.42. The largest absolute Gasteiger partial charge is 0.358 e. The fraction of sp³-hybridized carbons (Fsp3) is 0.333. The van der Waals surface area contributed by atoms with Crippen molar-refractivity contribution in [1.29, 1.82) is 0 Å². The van der Waals surface area contributed by atoms with Crippen LogP contribution in [0.3, 0.4) is 0 Å². The first-order valence-corrected chi connectivity index (χ1v) is 4.80. The van der Waals surface area contributed by atoms with Crippen LogP contribution in [0, 0.1) is 13.8 Å². The van der Waals surface area contributed by atoms with Crippen molar-refractivity contribution in [1.82, 2.24) is 4.98 Å². The van der Waals surface area contributed by atoms with E-state index in [1.807, 2.05) is 0 Å². The minimum atomic E-state index is 1.11. The first kappa shape index (κ1) is 8.36. The Kier molecular flexibility index (Phi) is 1.87. The lowest BCUT2D eigenvalue weighted by atomic mass is 10.0. The maximum absolute atomic E-state index is 3.42. The molecule has 0 radical (unpaired) electrons. The molecule has 0 saturated heterocycles. The highest BCUT2D eigenvalue weighted by atomic mass is 14.7. The average molecular weight is 173 g/mol. The van der Waals surface area contributed by atoms with Crippen molar-refractivity contribution in [3.63, 3.8) is 0 Å². The number of hydrogen-bond acceptors (Lipinski definition) is 0. The predicted octanol–water partition coefficient (Wildman–Crippen LogP) is 3.35. The van der Waals surface area contributed by atoms with Crippen molar-refractivity contribution in [3.05, 3.63) is 35.0 Å². The molecule has 0 atom stereocenters. The third-order valence-electron chi connectivity index (χ3n) is 2.70. The molecule has 2 rings (SSSR count). The van der Waals surface area contributed by atoms with Crippen LogP contribution in [-0.4, -0.2) is 4.98 Å². The van der Waals surface area contributed by atoms with E-state index in [9.17, 15) is 0 Å². The molecule has 1 heterocycles. The maximum Gasteiger partial charge on any atom is 0.0461 e. The number of fused-ring (bicyclic) bond motifs is 1. The molecule has 0 fully saturated rings. The van der Waals surface area contributed by atoms with E-state index in [2.05, 4.69) is 44.0 Å². The van der Waals surface area contributed by atoms with E-state index in [0.29, 0.717) is 0 Å². The minimum absolute atomic E-state index is 1.11. The van der Waals surface area contributed by atoms with Crippen molar-refractivity contribution >= 4 is 10.9 Å². The topological polar surface area (TPSA) is 15.8 Å². The molecule has 1 heteroatoms.